The topological polar surface area (TPSA) is 98.1 Å². The number of hydrogen-bond donors (Lipinski definition) is 2. The summed E-state index contributed by atoms with van der Waals surface area (Å²) in [5.41, 5.74) is 13.7. The van der Waals surface area contributed by atoms with Gasteiger partial charge in [-0.2, -0.15) is 4.98 Å². The van der Waals surface area contributed by atoms with E-state index in [4.69, 9.17) is 11.5 Å². The number of amides is 1. The van der Waals surface area contributed by atoms with Crippen LogP contribution in [0.3, 0.4) is 0 Å². The second-order valence-electron chi connectivity index (χ2n) is 4.81. The number of nitrogen functional groups attached to an aromatic ring is 2. The van der Waals surface area contributed by atoms with Crippen LogP contribution in [0.15, 0.2) is 30.3 Å². The Balaban J connectivity index is 1.96. The Hall–Kier alpha value is -2.63. The molecule has 1 atom stereocenters. The summed E-state index contributed by atoms with van der Waals surface area (Å²) in [4.78, 5) is 22.4. The first-order valence-electron chi connectivity index (χ1n) is 6.35. The van der Waals surface area contributed by atoms with Crippen LogP contribution in [0.4, 0.5) is 11.8 Å². The smallest absolute Gasteiger partial charge is 0.254 e. The van der Waals surface area contributed by atoms with Gasteiger partial charge in [-0.25, -0.2) is 4.98 Å². The summed E-state index contributed by atoms with van der Waals surface area (Å²) in [5.74, 6) is 0.443. The van der Waals surface area contributed by atoms with Crippen molar-refractivity contribution in [2.45, 2.75) is 19.5 Å². The molecule has 3 rings (SSSR count). The van der Waals surface area contributed by atoms with Crippen molar-refractivity contribution >= 4 is 17.7 Å². The van der Waals surface area contributed by atoms with E-state index in [1.54, 1.807) is 17.0 Å². The monoisotopic (exact) mass is 269 g/mol. The molecule has 20 heavy (non-hydrogen) atoms. The lowest BCUT2D eigenvalue weighted by molar-refractivity contribution is 0.0703. The number of carbonyl (C=O) groups is 1. The van der Waals surface area contributed by atoms with Gasteiger partial charge < -0.3 is 16.4 Å². The van der Waals surface area contributed by atoms with E-state index in [1.807, 2.05) is 25.1 Å². The zero-order valence-corrected chi connectivity index (χ0v) is 11.1. The van der Waals surface area contributed by atoms with Crippen molar-refractivity contribution in [1.29, 1.82) is 0 Å². The standard InChI is InChI=1S/C14H15N5O/c1-8-11-10(12(15)18-14(16)17-11)7-19(8)13(20)9-5-3-2-4-6-9/h2-6,8H,7H2,1H3,(H4,15,16,17,18)/t8-/m0/s1. The SMILES string of the molecule is C[C@H]1c2nc(N)nc(N)c2CN1C(=O)c1ccccc1. The minimum Gasteiger partial charge on any atom is -0.383 e. The molecule has 1 amide bonds. The second kappa shape index (κ2) is 4.48. The van der Waals surface area contributed by atoms with E-state index < -0.39 is 0 Å². The van der Waals surface area contributed by atoms with Crippen LogP contribution < -0.4 is 11.5 Å². The molecule has 2 heterocycles. The molecule has 1 aromatic heterocycles. The van der Waals surface area contributed by atoms with E-state index in [0.717, 1.165) is 11.3 Å². The lowest BCUT2D eigenvalue weighted by atomic mass is 10.1. The number of rotatable bonds is 1. The molecule has 102 valence electrons. The van der Waals surface area contributed by atoms with E-state index in [9.17, 15) is 4.79 Å². The summed E-state index contributed by atoms with van der Waals surface area (Å²) in [6, 6.07) is 8.98. The van der Waals surface area contributed by atoms with Crippen molar-refractivity contribution < 1.29 is 4.79 Å². The largest absolute Gasteiger partial charge is 0.383 e. The molecule has 6 nitrogen and oxygen atoms in total. The highest BCUT2D eigenvalue weighted by atomic mass is 16.2. The van der Waals surface area contributed by atoms with Gasteiger partial charge >= 0.3 is 0 Å². The third-order valence-corrected chi connectivity index (χ3v) is 3.56. The first kappa shape index (κ1) is 12.4. The van der Waals surface area contributed by atoms with Crippen LogP contribution in [-0.4, -0.2) is 20.8 Å². The van der Waals surface area contributed by atoms with Crippen LogP contribution in [0.2, 0.25) is 0 Å². The molecule has 1 aliphatic heterocycles. The fourth-order valence-electron chi connectivity index (χ4n) is 2.49. The van der Waals surface area contributed by atoms with Gasteiger partial charge in [0, 0.05) is 11.1 Å². The maximum atomic E-state index is 12.5. The van der Waals surface area contributed by atoms with Gasteiger partial charge in [0.05, 0.1) is 18.3 Å². The van der Waals surface area contributed by atoms with Crippen LogP contribution in [0.25, 0.3) is 0 Å². The number of aromatic nitrogens is 2. The molecule has 4 N–H and O–H groups in total. The Bertz CT molecular complexity index is 671. The molecule has 1 aliphatic rings. The number of benzene rings is 1. The normalized spacial score (nSPS) is 17.1. The number of nitrogens with two attached hydrogens (primary N) is 2. The molecule has 0 saturated heterocycles. The van der Waals surface area contributed by atoms with Crippen molar-refractivity contribution in [2.24, 2.45) is 0 Å². The summed E-state index contributed by atoms with van der Waals surface area (Å²) in [5, 5.41) is 0. The van der Waals surface area contributed by atoms with Crippen molar-refractivity contribution in [2.75, 3.05) is 11.5 Å². The molecule has 2 aromatic rings. The highest BCUT2D eigenvalue weighted by molar-refractivity contribution is 5.94. The maximum Gasteiger partial charge on any atom is 0.254 e. The molecule has 0 fully saturated rings. The number of fused-ring (bicyclic) bond motifs is 1. The number of nitrogens with zero attached hydrogens (tertiary/aromatic N) is 3. The molecule has 0 radical (unpaired) electrons. The number of carbonyl (C=O) groups excluding carboxylic acids is 1. The molecule has 1 aromatic carbocycles. The van der Waals surface area contributed by atoms with E-state index in [0.29, 0.717) is 17.9 Å². The molecular weight excluding hydrogens is 254 g/mol. The second-order valence-corrected chi connectivity index (χ2v) is 4.81. The molecule has 0 spiro atoms. The van der Waals surface area contributed by atoms with Crippen molar-refractivity contribution in [1.82, 2.24) is 14.9 Å². The van der Waals surface area contributed by atoms with Gasteiger partial charge in [0.15, 0.2) is 0 Å². The first-order chi connectivity index (χ1) is 9.58. The lowest BCUT2D eigenvalue weighted by Gasteiger charge is -2.21. The highest BCUT2D eigenvalue weighted by Gasteiger charge is 2.34. The van der Waals surface area contributed by atoms with Gasteiger partial charge in [0.2, 0.25) is 5.95 Å². The van der Waals surface area contributed by atoms with Gasteiger partial charge in [-0.15, -0.1) is 0 Å². The lowest BCUT2D eigenvalue weighted by Crippen LogP contribution is -2.28. The Morgan fingerprint density at radius 2 is 1.95 bits per heavy atom. The van der Waals surface area contributed by atoms with E-state index in [-0.39, 0.29) is 17.9 Å². The molecule has 0 aliphatic carbocycles. The summed E-state index contributed by atoms with van der Waals surface area (Å²) < 4.78 is 0. The van der Waals surface area contributed by atoms with Crippen molar-refractivity contribution in [3.8, 4) is 0 Å². The zero-order chi connectivity index (χ0) is 14.3. The summed E-state index contributed by atoms with van der Waals surface area (Å²) >= 11 is 0. The summed E-state index contributed by atoms with van der Waals surface area (Å²) in [7, 11) is 0. The van der Waals surface area contributed by atoms with Crippen LogP contribution in [0, 0.1) is 0 Å². The molecule has 6 heteroatoms. The quantitative estimate of drug-likeness (QED) is 0.814. The van der Waals surface area contributed by atoms with Crippen molar-refractivity contribution in [3.63, 3.8) is 0 Å². The van der Waals surface area contributed by atoms with E-state index in [2.05, 4.69) is 9.97 Å². The van der Waals surface area contributed by atoms with Crippen LogP contribution in [0.5, 0.6) is 0 Å². The number of hydrogen-bond acceptors (Lipinski definition) is 5. The first-order valence-corrected chi connectivity index (χ1v) is 6.35. The molecule has 0 bridgehead atoms. The average Bonchev–Trinajstić information content (AvgIpc) is 2.77. The highest BCUT2D eigenvalue weighted by Crippen LogP contribution is 2.35. The predicted octanol–water partition coefficient (Wildman–Crippen LogP) is 1.36. The minimum absolute atomic E-state index is 0.0472. The molecule has 0 unspecified atom stereocenters. The Labute approximate surface area is 116 Å². The van der Waals surface area contributed by atoms with Gasteiger partial charge in [-0.3, -0.25) is 4.79 Å². The van der Waals surface area contributed by atoms with Gasteiger partial charge in [0.1, 0.15) is 5.82 Å². The predicted molar refractivity (Wildman–Crippen MR) is 75.6 cm³/mol. The Morgan fingerprint density at radius 3 is 2.65 bits per heavy atom. The fourth-order valence-corrected chi connectivity index (χ4v) is 2.49. The zero-order valence-electron chi connectivity index (χ0n) is 11.1. The maximum absolute atomic E-state index is 12.5. The van der Waals surface area contributed by atoms with Crippen LogP contribution in [-0.2, 0) is 6.54 Å². The third-order valence-electron chi connectivity index (χ3n) is 3.56. The Morgan fingerprint density at radius 1 is 1.25 bits per heavy atom. The molecular formula is C14H15N5O. The van der Waals surface area contributed by atoms with Crippen LogP contribution in [0.1, 0.15) is 34.6 Å². The summed E-state index contributed by atoms with van der Waals surface area (Å²) in [6.45, 7) is 2.33. The van der Waals surface area contributed by atoms with E-state index in [1.165, 1.54) is 0 Å². The number of anilines is 2. The van der Waals surface area contributed by atoms with Gasteiger partial charge in [0.25, 0.3) is 5.91 Å². The van der Waals surface area contributed by atoms with Crippen molar-refractivity contribution in [3.05, 3.63) is 47.2 Å². The van der Waals surface area contributed by atoms with Gasteiger partial charge in [-0.1, -0.05) is 18.2 Å². The third kappa shape index (κ3) is 1.85. The average molecular weight is 269 g/mol. The summed E-state index contributed by atoms with van der Waals surface area (Å²) in [6.07, 6.45) is 0. The minimum atomic E-state index is -0.162. The van der Waals surface area contributed by atoms with Crippen LogP contribution >= 0.6 is 0 Å². The Kier molecular flexibility index (Phi) is 2.78. The molecule has 0 saturated carbocycles. The fraction of sp³-hybridized carbons (Fsp3) is 0.214. The van der Waals surface area contributed by atoms with Gasteiger partial charge in [-0.05, 0) is 19.1 Å². The van der Waals surface area contributed by atoms with E-state index >= 15 is 0 Å².